The number of benzene rings is 2. The lowest BCUT2D eigenvalue weighted by atomic mass is 10.1. The van der Waals surface area contributed by atoms with Crippen LogP contribution in [-0.2, 0) is 22.6 Å². The Morgan fingerprint density at radius 3 is 2.54 bits per heavy atom. The Kier molecular flexibility index (Phi) is 8.02. The molecule has 0 spiro atoms. The molecule has 28 heavy (non-hydrogen) atoms. The van der Waals surface area contributed by atoms with Crippen molar-refractivity contribution in [3.8, 4) is 5.75 Å². The maximum absolute atomic E-state index is 12.3. The first kappa shape index (κ1) is 21.9. The average molecular weight is 448 g/mol. The molecule has 2 amide bonds. The summed E-state index contributed by atoms with van der Waals surface area (Å²) in [5, 5.41) is 15.4. The van der Waals surface area contributed by atoms with Gasteiger partial charge in [0.2, 0.25) is 11.8 Å². The van der Waals surface area contributed by atoms with Gasteiger partial charge in [0.05, 0.1) is 6.04 Å². The van der Waals surface area contributed by atoms with E-state index in [4.69, 9.17) is 5.73 Å². The third-order valence-electron chi connectivity index (χ3n) is 4.47. The Labute approximate surface area is 173 Å². The van der Waals surface area contributed by atoms with Crippen molar-refractivity contribution >= 4 is 27.7 Å². The minimum absolute atomic E-state index is 0.142. The Balaban J connectivity index is 1.81. The van der Waals surface area contributed by atoms with E-state index in [1.54, 1.807) is 26.0 Å². The number of nitrogens with one attached hydrogen (secondary N) is 2. The topological polar surface area (TPSA) is 104 Å². The number of nitrogens with two attached hydrogens (primary N) is 1. The molecule has 7 heteroatoms. The third kappa shape index (κ3) is 6.35. The van der Waals surface area contributed by atoms with Gasteiger partial charge in [-0.2, -0.15) is 0 Å². The fraction of sp³-hybridized carbons (Fsp3) is 0.333. The number of aryl methyl sites for hydroxylation is 2. The van der Waals surface area contributed by atoms with Crippen molar-refractivity contribution in [3.63, 3.8) is 0 Å². The van der Waals surface area contributed by atoms with Crippen LogP contribution in [-0.4, -0.2) is 29.0 Å². The second-order valence-electron chi connectivity index (χ2n) is 6.81. The van der Waals surface area contributed by atoms with Gasteiger partial charge in [0.1, 0.15) is 11.8 Å². The van der Waals surface area contributed by atoms with E-state index in [2.05, 4.69) is 26.6 Å². The molecule has 0 radical (unpaired) electrons. The van der Waals surface area contributed by atoms with Crippen LogP contribution in [0.15, 0.2) is 46.9 Å². The van der Waals surface area contributed by atoms with Crippen LogP contribution in [0.1, 0.15) is 30.0 Å². The summed E-state index contributed by atoms with van der Waals surface area (Å²) in [7, 11) is 0. The maximum atomic E-state index is 12.3. The first-order chi connectivity index (χ1) is 13.3. The fourth-order valence-corrected chi connectivity index (χ4v) is 3.38. The Morgan fingerprint density at radius 2 is 1.86 bits per heavy atom. The summed E-state index contributed by atoms with van der Waals surface area (Å²) in [6.07, 6.45) is 1.19. The molecule has 0 unspecified atom stereocenters. The van der Waals surface area contributed by atoms with Gasteiger partial charge in [0.25, 0.3) is 0 Å². The van der Waals surface area contributed by atoms with E-state index >= 15 is 0 Å². The van der Waals surface area contributed by atoms with Crippen molar-refractivity contribution in [2.75, 3.05) is 0 Å². The van der Waals surface area contributed by atoms with E-state index in [9.17, 15) is 14.7 Å². The van der Waals surface area contributed by atoms with Crippen molar-refractivity contribution in [2.24, 2.45) is 5.73 Å². The van der Waals surface area contributed by atoms with Gasteiger partial charge in [0.15, 0.2) is 0 Å². The van der Waals surface area contributed by atoms with Crippen LogP contribution in [0.2, 0.25) is 0 Å². The first-order valence-electron chi connectivity index (χ1n) is 9.13. The van der Waals surface area contributed by atoms with Crippen LogP contribution in [0.5, 0.6) is 5.75 Å². The van der Waals surface area contributed by atoms with Gasteiger partial charge in [-0.05, 0) is 49.9 Å². The van der Waals surface area contributed by atoms with E-state index in [-0.39, 0.29) is 24.1 Å². The summed E-state index contributed by atoms with van der Waals surface area (Å²) in [5.74, 6) is -0.566. The number of halogens is 1. The van der Waals surface area contributed by atoms with E-state index in [0.29, 0.717) is 24.0 Å². The number of aromatic hydroxyl groups is 1. The first-order valence-corrected chi connectivity index (χ1v) is 9.92. The van der Waals surface area contributed by atoms with E-state index in [1.807, 2.05) is 30.3 Å². The highest BCUT2D eigenvalue weighted by Crippen LogP contribution is 2.26. The minimum atomic E-state index is -0.731. The van der Waals surface area contributed by atoms with Gasteiger partial charge >= 0.3 is 0 Å². The number of rotatable bonds is 8. The number of hydrogen-bond acceptors (Lipinski definition) is 4. The summed E-state index contributed by atoms with van der Waals surface area (Å²) < 4.78 is 0.817. The smallest absolute Gasteiger partial charge is 0.242 e. The zero-order valence-corrected chi connectivity index (χ0v) is 17.6. The van der Waals surface area contributed by atoms with Gasteiger partial charge < -0.3 is 21.5 Å². The molecule has 0 heterocycles. The molecule has 0 aliphatic rings. The average Bonchev–Trinajstić information content (AvgIpc) is 2.68. The molecule has 2 rings (SSSR count). The number of phenolic OH excluding ortho intramolecular Hbond substituents is 1. The van der Waals surface area contributed by atoms with Gasteiger partial charge in [-0.1, -0.05) is 46.3 Å². The summed E-state index contributed by atoms with van der Waals surface area (Å²) in [6.45, 7) is 3.54. The zero-order chi connectivity index (χ0) is 20.7. The molecule has 2 atom stereocenters. The van der Waals surface area contributed by atoms with Crippen molar-refractivity contribution in [1.29, 1.82) is 0 Å². The minimum Gasteiger partial charge on any atom is -0.507 e. The third-order valence-corrected chi connectivity index (χ3v) is 4.93. The molecule has 150 valence electrons. The Hall–Kier alpha value is -2.38. The van der Waals surface area contributed by atoms with Gasteiger partial charge in [-0.15, -0.1) is 0 Å². The molecule has 0 aromatic heterocycles. The van der Waals surface area contributed by atoms with Crippen LogP contribution < -0.4 is 16.4 Å². The Bertz CT molecular complexity index is 827. The highest BCUT2D eigenvalue weighted by Gasteiger charge is 2.20. The van der Waals surface area contributed by atoms with E-state index in [1.165, 1.54) is 0 Å². The molecule has 0 bridgehead atoms. The zero-order valence-electron chi connectivity index (χ0n) is 16.0. The monoisotopic (exact) mass is 447 g/mol. The molecular formula is C21H26BrN3O3. The lowest BCUT2D eigenvalue weighted by molar-refractivity contribution is -0.129. The predicted molar refractivity (Wildman–Crippen MR) is 113 cm³/mol. The van der Waals surface area contributed by atoms with Crippen molar-refractivity contribution in [3.05, 3.63) is 63.6 Å². The SMILES string of the molecule is Cc1cc(Br)cc(CNC(=O)[C@H](C)NC(=O)[C@H](N)CCc2ccccc2)c1O. The van der Waals surface area contributed by atoms with Gasteiger partial charge in [-0.25, -0.2) is 0 Å². The molecule has 0 saturated heterocycles. The van der Waals surface area contributed by atoms with Crippen LogP contribution in [0.3, 0.4) is 0 Å². The number of amides is 2. The molecule has 0 aliphatic heterocycles. The fourth-order valence-electron chi connectivity index (χ4n) is 2.76. The second-order valence-corrected chi connectivity index (χ2v) is 7.72. The van der Waals surface area contributed by atoms with Crippen molar-refractivity contribution in [1.82, 2.24) is 10.6 Å². The van der Waals surface area contributed by atoms with E-state index in [0.717, 1.165) is 10.0 Å². The maximum Gasteiger partial charge on any atom is 0.242 e. The predicted octanol–water partition coefficient (Wildman–Crippen LogP) is 2.54. The second kappa shape index (κ2) is 10.2. The normalized spacial score (nSPS) is 12.9. The highest BCUT2D eigenvalue weighted by molar-refractivity contribution is 9.10. The standard InChI is InChI=1S/C21H26BrN3O3/c1-13-10-17(22)11-16(19(13)26)12-24-20(27)14(2)25-21(28)18(23)9-8-15-6-4-3-5-7-15/h3-7,10-11,14,18,26H,8-9,12,23H2,1-2H3,(H,24,27)(H,25,28)/t14-,18+/m0/s1. The molecule has 2 aromatic carbocycles. The largest absolute Gasteiger partial charge is 0.507 e. The number of phenols is 1. The van der Waals surface area contributed by atoms with Crippen LogP contribution in [0.4, 0.5) is 0 Å². The van der Waals surface area contributed by atoms with Crippen molar-refractivity contribution in [2.45, 2.75) is 45.3 Å². The quantitative estimate of drug-likeness (QED) is 0.498. The molecule has 0 aliphatic carbocycles. The highest BCUT2D eigenvalue weighted by atomic mass is 79.9. The Morgan fingerprint density at radius 1 is 1.18 bits per heavy atom. The van der Waals surface area contributed by atoms with Crippen LogP contribution in [0.25, 0.3) is 0 Å². The molecule has 0 fully saturated rings. The number of carbonyl (C=O) groups excluding carboxylic acids is 2. The molecule has 2 aromatic rings. The summed E-state index contributed by atoms with van der Waals surface area (Å²) >= 11 is 3.37. The number of hydrogen-bond donors (Lipinski definition) is 4. The summed E-state index contributed by atoms with van der Waals surface area (Å²) in [6, 6.07) is 11.9. The molecule has 5 N–H and O–H groups in total. The van der Waals surface area contributed by atoms with Crippen molar-refractivity contribution < 1.29 is 14.7 Å². The molecule has 0 saturated carbocycles. The summed E-state index contributed by atoms with van der Waals surface area (Å²) in [4.78, 5) is 24.5. The van der Waals surface area contributed by atoms with Crippen LogP contribution >= 0.6 is 15.9 Å². The molecular weight excluding hydrogens is 422 g/mol. The number of carbonyl (C=O) groups is 2. The van der Waals surface area contributed by atoms with Crippen LogP contribution in [0, 0.1) is 6.92 Å². The molecule has 6 nitrogen and oxygen atoms in total. The van der Waals surface area contributed by atoms with Gasteiger partial charge in [0, 0.05) is 16.6 Å². The van der Waals surface area contributed by atoms with E-state index < -0.39 is 12.1 Å². The lowest BCUT2D eigenvalue weighted by Crippen LogP contribution is -2.50. The van der Waals surface area contributed by atoms with Gasteiger partial charge in [-0.3, -0.25) is 9.59 Å². The lowest BCUT2D eigenvalue weighted by Gasteiger charge is -2.18. The summed E-state index contributed by atoms with van der Waals surface area (Å²) in [5.41, 5.74) is 8.37.